The fourth-order valence-electron chi connectivity index (χ4n) is 1.74. The first-order valence-corrected chi connectivity index (χ1v) is 4.85. The molecular formula is C11H10F2O3. The quantitative estimate of drug-likeness (QED) is 0.832. The van der Waals surface area contributed by atoms with E-state index in [0.29, 0.717) is 18.9 Å². The van der Waals surface area contributed by atoms with E-state index in [0.717, 1.165) is 6.07 Å². The molecule has 0 spiro atoms. The van der Waals surface area contributed by atoms with Crippen molar-refractivity contribution in [1.82, 2.24) is 0 Å². The van der Waals surface area contributed by atoms with Crippen LogP contribution in [0, 0.1) is 17.0 Å². The number of halogens is 2. The maximum Gasteiger partial charge on any atom is 0.309 e. The third-order valence-corrected chi connectivity index (χ3v) is 2.94. The Balaban J connectivity index is 2.32. The maximum atomic E-state index is 13.0. The number of carbonyl (C=O) groups is 1. The highest BCUT2D eigenvalue weighted by molar-refractivity contribution is 5.78. The van der Waals surface area contributed by atoms with Gasteiger partial charge in [0.15, 0.2) is 11.6 Å². The molecule has 1 aliphatic rings. The second-order valence-electron chi connectivity index (χ2n) is 4.16. The summed E-state index contributed by atoms with van der Waals surface area (Å²) in [4.78, 5) is 10.9. The van der Waals surface area contributed by atoms with Crippen molar-refractivity contribution in [2.24, 2.45) is 5.41 Å². The van der Waals surface area contributed by atoms with Crippen LogP contribution < -0.4 is 0 Å². The number of carboxylic acids is 1. The molecular weight excluding hydrogens is 218 g/mol. The van der Waals surface area contributed by atoms with Crippen molar-refractivity contribution in [3.05, 3.63) is 29.3 Å². The van der Waals surface area contributed by atoms with Crippen LogP contribution in [0.2, 0.25) is 0 Å². The Bertz CT molecular complexity index is 453. The van der Waals surface area contributed by atoms with Crippen LogP contribution in [-0.4, -0.2) is 16.2 Å². The highest BCUT2D eigenvalue weighted by Crippen LogP contribution is 2.49. The smallest absolute Gasteiger partial charge is 0.309 e. The first-order valence-electron chi connectivity index (χ1n) is 4.85. The number of benzene rings is 1. The lowest BCUT2D eigenvalue weighted by molar-refractivity contribution is -0.143. The summed E-state index contributed by atoms with van der Waals surface area (Å²) in [6, 6.07) is 1.54. The minimum atomic E-state index is -1.06. The lowest BCUT2D eigenvalue weighted by Crippen LogP contribution is -2.17. The Morgan fingerprint density at radius 3 is 2.50 bits per heavy atom. The van der Waals surface area contributed by atoms with Gasteiger partial charge in [0.1, 0.15) is 5.82 Å². The Hall–Kier alpha value is -1.65. The van der Waals surface area contributed by atoms with Gasteiger partial charge < -0.3 is 10.2 Å². The van der Waals surface area contributed by atoms with E-state index in [2.05, 4.69) is 0 Å². The third kappa shape index (κ3) is 1.73. The summed E-state index contributed by atoms with van der Waals surface area (Å²) in [6.45, 7) is 0. The Labute approximate surface area is 90.3 Å². The van der Waals surface area contributed by atoms with Crippen molar-refractivity contribution in [3.63, 3.8) is 0 Å². The van der Waals surface area contributed by atoms with E-state index in [1.165, 1.54) is 0 Å². The van der Waals surface area contributed by atoms with E-state index in [1.807, 2.05) is 0 Å². The van der Waals surface area contributed by atoms with E-state index >= 15 is 0 Å². The zero-order valence-corrected chi connectivity index (χ0v) is 8.33. The van der Waals surface area contributed by atoms with Crippen molar-refractivity contribution in [3.8, 4) is 5.75 Å². The second kappa shape index (κ2) is 3.43. The van der Waals surface area contributed by atoms with E-state index in [-0.39, 0.29) is 12.0 Å². The Kier molecular flexibility index (Phi) is 2.33. The van der Waals surface area contributed by atoms with Gasteiger partial charge in [0.05, 0.1) is 5.41 Å². The zero-order chi connectivity index (χ0) is 11.9. The van der Waals surface area contributed by atoms with Crippen LogP contribution >= 0.6 is 0 Å². The number of aliphatic carboxylic acids is 1. The van der Waals surface area contributed by atoms with Crippen LogP contribution in [0.3, 0.4) is 0 Å². The average molecular weight is 228 g/mol. The predicted molar refractivity (Wildman–Crippen MR) is 51.0 cm³/mol. The summed E-state index contributed by atoms with van der Waals surface area (Å²) >= 11 is 0. The van der Waals surface area contributed by atoms with Crippen molar-refractivity contribution in [2.75, 3.05) is 0 Å². The molecule has 0 saturated heterocycles. The molecule has 0 aromatic heterocycles. The molecule has 5 heteroatoms. The number of rotatable bonds is 3. The van der Waals surface area contributed by atoms with Crippen LogP contribution in [0.15, 0.2) is 12.1 Å². The third-order valence-electron chi connectivity index (χ3n) is 2.94. The lowest BCUT2D eigenvalue weighted by atomic mass is 9.96. The lowest BCUT2D eigenvalue weighted by Gasteiger charge is -2.11. The molecule has 0 amide bonds. The minimum absolute atomic E-state index is 0.0115. The molecule has 0 aliphatic heterocycles. The van der Waals surface area contributed by atoms with Crippen molar-refractivity contribution >= 4 is 5.97 Å². The summed E-state index contributed by atoms with van der Waals surface area (Å²) in [6.07, 6.45) is 0.905. The van der Waals surface area contributed by atoms with Crippen molar-refractivity contribution in [1.29, 1.82) is 0 Å². The minimum Gasteiger partial charge on any atom is -0.505 e. The topological polar surface area (TPSA) is 57.5 Å². The van der Waals surface area contributed by atoms with Crippen molar-refractivity contribution in [2.45, 2.75) is 19.3 Å². The van der Waals surface area contributed by atoms with E-state index in [1.54, 1.807) is 0 Å². The normalized spacial score (nSPS) is 17.1. The van der Waals surface area contributed by atoms with Crippen LogP contribution in [0.5, 0.6) is 5.75 Å². The summed E-state index contributed by atoms with van der Waals surface area (Å²) in [5.74, 6) is -3.52. The van der Waals surface area contributed by atoms with Crippen LogP contribution in [0.25, 0.3) is 0 Å². The molecule has 1 aliphatic carbocycles. The first kappa shape index (κ1) is 10.9. The first-order chi connectivity index (χ1) is 7.44. The van der Waals surface area contributed by atoms with Gasteiger partial charge >= 0.3 is 5.97 Å². The van der Waals surface area contributed by atoms with Crippen LogP contribution in [0.1, 0.15) is 18.4 Å². The molecule has 1 aromatic rings. The van der Waals surface area contributed by atoms with Gasteiger partial charge in [-0.1, -0.05) is 0 Å². The van der Waals surface area contributed by atoms with E-state index in [4.69, 9.17) is 5.11 Å². The molecule has 0 heterocycles. The molecule has 1 aromatic carbocycles. The fraction of sp³-hybridized carbons (Fsp3) is 0.364. The molecule has 1 fully saturated rings. The van der Waals surface area contributed by atoms with E-state index in [9.17, 15) is 18.7 Å². The van der Waals surface area contributed by atoms with E-state index < -0.39 is 28.8 Å². The summed E-state index contributed by atoms with van der Waals surface area (Å²) < 4.78 is 25.9. The van der Waals surface area contributed by atoms with Gasteiger partial charge in [-0.25, -0.2) is 8.78 Å². The summed E-state index contributed by atoms with van der Waals surface area (Å²) in [5, 5.41) is 18.3. The molecule has 3 nitrogen and oxygen atoms in total. The van der Waals surface area contributed by atoms with Gasteiger partial charge in [0.2, 0.25) is 0 Å². The second-order valence-corrected chi connectivity index (χ2v) is 4.16. The molecule has 86 valence electrons. The summed E-state index contributed by atoms with van der Waals surface area (Å²) in [7, 11) is 0. The Morgan fingerprint density at radius 2 is 2.00 bits per heavy atom. The Morgan fingerprint density at radius 1 is 1.38 bits per heavy atom. The van der Waals surface area contributed by atoms with Gasteiger partial charge in [-0.05, 0) is 25.3 Å². The number of carboxylic acid groups (broad SMARTS) is 1. The number of hydrogen-bond acceptors (Lipinski definition) is 2. The number of aromatic hydroxyl groups is 1. The van der Waals surface area contributed by atoms with Gasteiger partial charge in [-0.15, -0.1) is 0 Å². The largest absolute Gasteiger partial charge is 0.505 e. The number of phenols is 1. The van der Waals surface area contributed by atoms with Crippen molar-refractivity contribution < 1.29 is 23.8 Å². The van der Waals surface area contributed by atoms with Crippen LogP contribution in [-0.2, 0) is 11.2 Å². The van der Waals surface area contributed by atoms with Gasteiger partial charge in [0, 0.05) is 11.6 Å². The molecule has 1 saturated carbocycles. The number of hydrogen-bond donors (Lipinski definition) is 2. The highest BCUT2D eigenvalue weighted by atomic mass is 19.1. The van der Waals surface area contributed by atoms with Gasteiger partial charge in [-0.2, -0.15) is 0 Å². The molecule has 2 N–H and O–H groups in total. The highest BCUT2D eigenvalue weighted by Gasteiger charge is 2.50. The average Bonchev–Trinajstić information content (AvgIpc) is 2.94. The van der Waals surface area contributed by atoms with Crippen LogP contribution in [0.4, 0.5) is 8.78 Å². The molecule has 16 heavy (non-hydrogen) atoms. The monoisotopic (exact) mass is 228 g/mol. The predicted octanol–water partition coefficient (Wildman–Crippen LogP) is 2.08. The molecule has 0 unspecified atom stereocenters. The molecule has 0 radical (unpaired) electrons. The maximum absolute atomic E-state index is 13.0. The number of phenolic OH excluding ortho intramolecular Hbond substituents is 1. The fourth-order valence-corrected chi connectivity index (χ4v) is 1.74. The van der Waals surface area contributed by atoms with Gasteiger partial charge in [0.25, 0.3) is 0 Å². The molecule has 2 rings (SSSR count). The molecule has 0 atom stereocenters. The standard InChI is InChI=1S/C11H10F2O3/c12-7-3-6(9(14)8(13)4-7)5-11(1-2-11)10(15)16/h3-4,14H,1-2,5H2,(H,15,16). The molecule has 0 bridgehead atoms. The zero-order valence-electron chi connectivity index (χ0n) is 8.33. The SMILES string of the molecule is O=C(O)C1(Cc2cc(F)cc(F)c2O)CC1. The summed E-state index contributed by atoms with van der Waals surface area (Å²) in [5.41, 5.74) is -0.935. The van der Waals surface area contributed by atoms with Gasteiger partial charge in [-0.3, -0.25) is 4.79 Å².